The molecule has 13 atom stereocenters. The van der Waals surface area contributed by atoms with Gasteiger partial charge < -0.3 is 0 Å². The fourth-order valence-electron chi connectivity index (χ4n) is 31.9. The molecular formula is C102H182N4. The van der Waals surface area contributed by atoms with E-state index < -0.39 is 0 Å². The normalized spacial score (nSPS) is 37.5. The summed E-state index contributed by atoms with van der Waals surface area (Å²) >= 11 is 0. The van der Waals surface area contributed by atoms with Crippen molar-refractivity contribution in [1.82, 2.24) is 19.6 Å². The summed E-state index contributed by atoms with van der Waals surface area (Å²) in [5.74, 6) is 7.96. The van der Waals surface area contributed by atoms with Gasteiger partial charge in [-0.05, 0) is 258 Å². The number of nitrogens with zero attached hydrogens (tertiary/aromatic N) is 4. The van der Waals surface area contributed by atoms with Crippen LogP contribution < -0.4 is 0 Å². The van der Waals surface area contributed by atoms with Crippen LogP contribution in [0.3, 0.4) is 0 Å². The van der Waals surface area contributed by atoms with Crippen LogP contribution in [0, 0.1) is 52.8 Å². The molecule has 0 saturated heterocycles. The Bertz CT molecular complexity index is 2210. The molecule has 14 rings (SSSR count). The van der Waals surface area contributed by atoms with Gasteiger partial charge in [-0.25, -0.2) is 0 Å². The molecule has 13 unspecified atom stereocenters. The van der Waals surface area contributed by atoms with E-state index in [4.69, 9.17) is 0 Å². The van der Waals surface area contributed by atoms with Gasteiger partial charge in [0, 0.05) is 72.5 Å². The Kier molecular flexibility index (Phi) is 34.8. The van der Waals surface area contributed by atoms with Crippen LogP contribution in [0.25, 0.3) is 0 Å². The molecule has 0 bridgehead atoms. The average molecular weight is 1460 g/mol. The van der Waals surface area contributed by atoms with E-state index in [0.29, 0.717) is 5.41 Å². The van der Waals surface area contributed by atoms with Crippen molar-refractivity contribution in [3.63, 3.8) is 0 Å². The average Bonchev–Trinajstić information content (AvgIpc) is 1.52. The van der Waals surface area contributed by atoms with Crippen molar-refractivity contribution >= 4 is 0 Å². The summed E-state index contributed by atoms with van der Waals surface area (Å²) in [6, 6.07) is 10.3. The van der Waals surface area contributed by atoms with E-state index in [2.05, 4.69) is 19.6 Å². The number of fused-ring (bicyclic) bond motifs is 10. The highest BCUT2D eigenvalue weighted by Crippen LogP contribution is 2.76. The monoisotopic (exact) mass is 1460 g/mol. The van der Waals surface area contributed by atoms with E-state index >= 15 is 0 Å². The lowest BCUT2D eigenvalue weighted by atomic mass is 9.54. The fourth-order valence-corrected chi connectivity index (χ4v) is 31.9. The van der Waals surface area contributed by atoms with Crippen molar-refractivity contribution in [2.24, 2.45) is 52.8 Å². The van der Waals surface area contributed by atoms with E-state index in [1.165, 1.54) is 372 Å². The molecule has 14 aliphatic rings. The van der Waals surface area contributed by atoms with Gasteiger partial charge in [-0.1, -0.05) is 315 Å². The molecule has 0 aliphatic heterocycles. The van der Waals surface area contributed by atoms with Crippen molar-refractivity contribution in [2.75, 3.05) is 0 Å². The Balaban J connectivity index is 0.857. The maximum atomic E-state index is 3.53. The van der Waals surface area contributed by atoms with Gasteiger partial charge in [-0.2, -0.15) is 0 Å². The Hall–Kier alpha value is -0.160. The van der Waals surface area contributed by atoms with Crippen LogP contribution in [0.15, 0.2) is 0 Å². The standard InChI is InChI=1S/C102H182N4/c1-2-11-27-50-82(51-28-12-3-1)103(83-52-29-13-4-14-30-53-83)90-66-43-73-94-95-74-44-67-91(104(84-54-31-15-5-16-32-55-84)85-56-33-17-6-18-34-57-85)71-48-78-99(95)102(98(94)77-47-70-90)100-79-49-72-92(105(86-58-35-19-7-20-36-59-86)87-60-37-21-8-22-38-61-87)68-45-75-96(100)97-76-46-69-93(80-81-101(97)102)106(88-62-39-23-9-24-40-63-88)89-64-41-25-10-26-42-65-89/h82-101H,1-81H2. The minimum Gasteiger partial charge on any atom is -0.294 e. The summed E-state index contributed by atoms with van der Waals surface area (Å²) in [5, 5.41) is 0. The zero-order valence-electron chi connectivity index (χ0n) is 71.1. The number of hydrogen-bond donors (Lipinski definition) is 0. The number of hydrogen-bond acceptors (Lipinski definition) is 4. The van der Waals surface area contributed by atoms with Crippen LogP contribution in [0.1, 0.15) is 520 Å². The molecule has 14 saturated carbocycles. The topological polar surface area (TPSA) is 13.0 Å². The molecule has 4 heteroatoms. The van der Waals surface area contributed by atoms with Gasteiger partial charge in [0.1, 0.15) is 0 Å². The Morgan fingerprint density at radius 3 is 0.396 bits per heavy atom. The predicted molar refractivity (Wildman–Crippen MR) is 457 cm³/mol. The lowest BCUT2D eigenvalue weighted by Crippen LogP contribution is -2.51. The van der Waals surface area contributed by atoms with Crippen LogP contribution in [0.5, 0.6) is 0 Å². The largest absolute Gasteiger partial charge is 0.294 e. The lowest BCUT2D eigenvalue weighted by molar-refractivity contribution is -0.0326. The smallest absolute Gasteiger partial charge is 0.0101 e. The molecule has 0 heterocycles. The Morgan fingerprint density at radius 1 is 0.104 bits per heavy atom. The minimum atomic E-state index is 0.560. The molecule has 0 aromatic carbocycles. The maximum absolute atomic E-state index is 3.53. The van der Waals surface area contributed by atoms with Crippen molar-refractivity contribution in [1.29, 1.82) is 0 Å². The van der Waals surface area contributed by atoms with Gasteiger partial charge in [0.05, 0.1) is 0 Å². The van der Waals surface area contributed by atoms with Crippen LogP contribution in [-0.4, -0.2) is 92.1 Å². The van der Waals surface area contributed by atoms with Crippen LogP contribution in [-0.2, 0) is 0 Å². The van der Waals surface area contributed by atoms with Crippen molar-refractivity contribution in [3.05, 3.63) is 0 Å². The third-order valence-corrected chi connectivity index (χ3v) is 36.2. The van der Waals surface area contributed by atoms with Crippen LogP contribution >= 0.6 is 0 Å². The highest BCUT2D eigenvalue weighted by molar-refractivity contribution is 5.19. The zero-order valence-corrected chi connectivity index (χ0v) is 71.1. The molecule has 106 heavy (non-hydrogen) atoms. The summed E-state index contributed by atoms with van der Waals surface area (Å²) in [6.45, 7) is 0. The molecule has 4 nitrogen and oxygen atoms in total. The quantitative estimate of drug-likeness (QED) is 0.193. The van der Waals surface area contributed by atoms with E-state index in [0.717, 1.165) is 120 Å². The molecule has 610 valence electrons. The first-order valence-electron chi connectivity index (χ1n) is 51.8. The van der Waals surface area contributed by atoms with E-state index in [9.17, 15) is 0 Å². The van der Waals surface area contributed by atoms with Gasteiger partial charge >= 0.3 is 0 Å². The van der Waals surface area contributed by atoms with Gasteiger partial charge in [-0.3, -0.25) is 19.6 Å². The molecule has 0 aromatic heterocycles. The summed E-state index contributed by atoms with van der Waals surface area (Å²) in [7, 11) is 0. The van der Waals surface area contributed by atoms with Gasteiger partial charge in [0.25, 0.3) is 0 Å². The van der Waals surface area contributed by atoms with Crippen LogP contribution in [0.2, 0.25) is 0 Å². The molecular weight excluding hydrogens is 1280 g/mol. The SMILES string of the molecule is C1CCCCC(N(C2CCCCCCC2)C2CCCC3C4CCCC(N(C5CCCCCCC5)C5CCCCCCC5)CCCC4C4(C3CCC2)C2CCCC(N(C3CCCCCCC3)C3CCCCCCC3)CCCC2C2CCCC(N(C3CCCCCCC3)C3CCCCCCC3)CCC24)CCCC1. The fraction of sp³-hybridized carbons (Fsp3) is 1.00. The highest BCUT2D eigenvalue weighted by atomic mass is 15.2. The van der Waals surface area contributed by atoms with Gasteiger partial charge in [0.2, 0.25) is 0 Å². The van der Waals surface area contributed by atoms with Gasteiger partial charge in [0.15, 0.2) is 0 Å². The van der Waals surface area contributed by atoms with Crippen LogP contribution in [0.4, 0.5) is 0 Å². The third-order valence-electron chi connectivity index (χ3n) is 36.2. The Morgan fingerprint density at radius 2 is 0.226 bits per heavy atom. The maximum Gasteiger partial charge on any atom is 0.0101 e. The zero-order chi connectivity index (χ0) is 71.6. The first kappa shape index (κ1) is 82.4. The second kappa shape index (κ2) is 44.8. The summed E-state index contributed by atoms with van der Waals surface area (Å²) in [5.41, 5.74) is 0.560. The van der Waals surface area contributed by atoms with Crippen molar-refractivity contribution in [2.45, 2.75) is 593 Å². The lowest BCUT2D eigenvalue weighted by Gasteiger charge is -2.51. The third kappa shape index (κ3) is 21.7. The molecule has 0 radical (unpaired) electrons. The minimum absolute atomic E-state index is 0.560. The van der Waals surface area contributed by atoms with Crippen molar-refractivity contribution in [3.8, 4) is 0 Å². The second-order valence-electron chi connectivity index (χ2n) is 42.3. The molecule has 1 spiro atoms. The predicted octanol–water partition coefficient (Wildman–Crippen LogP) is 30.3. The van der Waals surface area contributed by atoms with E-state index in [1.807, 2.05) is 0 Å². The van der Waals surface area contributed by atoms with E-state index in [1.54, 1.807) is 148 Å². The summed E-state index contributed by atoms with van der Waals surface area (Å²) in [4.78, 5) is 14.0. The molecule has 0 amide bonds. The summed E-state index contributed by atoms with van der Waals surface area (Å²) < 4.78 is 0. The molecule has 0 aromatic rings. The highest BCUT2D eigenvalue weighted by Gasteiger charge is 2.70. The van der Waals surface area contributed by atoms with Crippen molar-refractivity contribution < 1.29 is 0 Å². The first-order valence-corrected chi connectivity index (χ1v) is 51.8. The molecule has 0 N–H and O–H groups in total. The summed E-state index contributed by atoms with van der Waals surface area (Å²) in [6.07, 6.45) is 125. The first-order chi connectivity index (χ1) is 52.7. The Labute approximate surface area is 661 Å². The number of rotatable bonds is 12. The molecule has 14 aliphatic carbocycles. The van der Waals surface area contributed by atoms with E-state index in [-0.39, 0.29) is 0 Å². The second-order valence-corrected chi connectivity index (χ2v) is 42.3. The van der Waals surface area contributed by atoms with Gasteiger partial charge in [-0.15, -0.1) is 0 Å². The molecule has 14 fully saturated rings.